The second-order valence-electron chi connectivity index (χ2n) is 6.12. The van der Waals surface area contributed by atoms with Gasteiger partial charge in [-0.05, 0) is 20.8 Å². The minimum absolute atomic E-state index is 0.0770. The van der Waals surface area contributed by atoms with Gasteiger partial charge in [0.05, 0.1) is 35.2 Å². The second-order valence-corrected chi connectivity index (χ2v) is 7.18. The summed E-state index contributed by atoms with van der Waals surface area (Å²) in [6, 6.07) is 0. The average molecular weight is 281 g/mol. The highest BCUT2D eigenvalue weighted by Crippen LogP contribution is 2.50. The van der Waals surface area contributed by atoms with Gasteiger partial charge in [0.1, 0.15) is 5.60 Å². The number of hydrogen-bond donors (Lipinski definition) is 0. The van der Waals surface area contributed by atoms with E-state index in [2.05, 4.69) is 24.2 Å². The summed E-state index contributed by atoms with van der Waals surface area (Å²) in [5.41, 5.74) is 0.344. The molecule has 3 rings (SSSR count). The molecule has 0 bridgehead atoms. The summed E-state index contributed by atoms with van der Waals surface area (Å²) >= 11 is 1.63. The number of hydrogen-bond acceptors (Lipinski definition) is 5. The zero-order valence-electron chi connectivity index (χ0n) is 11.6. The molecule has 0 radical (unpaired) electrons. The van der Waals surface area contributed by atoms with Crippen LogP contribution in [0.4, 0.5) is 0 Å². The van der Waals surface area contributed by atoms with Gasteiger partial charge >= 0.3 is 5.97 Å². The Hall–Kier alpha value is -0.940. The maximum atomic E-state index is 11.8. The van der Waals surface area contributed by atoms with Crippen LogP contribution in [-0.2, 0) is 14.3 Å². The molecule has 0 N–H and O–H groups in total. The maximum absolute atomic E-state index is 11.8. The summed E-state index contributed by atoms with van der Waals surface area (Å²) in [5, 5.41) is 3.10. The SMILES string of the molecule is Cc1nc([C@@H]2CC(=O)O[C@]23CCOC(C)(C)C3)cs1. The molecular formula is C14H19NO3S. The topological polar surface area (TPSA) is 48.4 Å². The van der Waals surface area contributed by atoms with Crippen molar-refractivity contribution in [2.24, 2.45) is 0 Å². The van der Waals surface area contributed by atoms with Gasteiger partial charge in [-0.1, -0.05) is 0 Å². The van der Waals surface area contributed by atoms with Crippen molar-refractivity contribution in [1.29, 1.82) is 0 Å². The molecule has 2 aliphatic heterocycles. The Morgan fingerprint density at radius 1 is 1.47 bits per heavy atom. The zero-order chi connectivity index (χ0) is 13.7. The van der Waals surface area contributed by atoms with Crippen molar-refractivity contribution in [2.75, 3.05) is 6.61 Å². The first kappa shape index (κ1) is 13.1. The molecule has 0 aliphatic carbocycles. The number of ether oxygens (including phenoxy) is 2. The molecule has 2 saturated heterocycles. The number of thiazole rings is 1. The van der Waals surface area contributed by atoms with Crippen molar-refractivity contribution in [3.63, 3.8) is 0 Å². The number of aromatic nitrogens is 1. The van der Waals surface area contributed by atoms with Crippen molar-refractivity contribution in [2.45, 2.75) is 57.2 Å². The molecule has 1 aromatic rings. The first-order valence-electron chi connectivity index (χ1n) is 6.68. The third-order valence-electron chi connectivity index (χ3n) is 4.06. The van der Waals surface area contributed by atoms with Crippen LogP contribution in [0.5, 0.6) is 0 Å². The highest BCUT2D eigenvalue weighted by atomic mass is 32.1. The molecular weight excluding hydrogens is 262 g/mol. The van der Waals surface area contributed by atoms with Crippen LogP contribution in [0.2, 0.25) is 0 Å². The number of aryl methyl sites for hydroxylation is 1. The van der Waals surface area contributed by atoms with Gasteiger partial charge in [-0.2, -0.15) is 0 Å². The smallest absolute Gasteiger partial charge is 0.307 e. The van der Waals surface area contributed by atoms with Crippen molar-refractivity contribution < 1.29 is 14.3 Å². The molecule has 1 spiro atoms. The molecule has 0 aromatic carbocycles. The van der Waals surface area contributed by atoms with E-state index in [4.69, 9.17) is 9.47 Å². The third kappa shape index (κ3) is 2.30. The number of esters is 1. The number of rotatable bonds is 1. The van der Waals surface area contributed by atoms with Gasteiger partial charge < -0.3 is 9.47 Å². The quantitative estimate of drug-likeness (QED) is 0.743. The molecule has 2 fully saturated rings. The average Bonchev–Trinajstić information content (AvgIpc) is 2.82. The van der Waals surface area contributed by atoms with Crippen molar-refractivity contribution in [3.8, 4) is 0 Å². The second kappa shape index (κ2) is 4.28. The van der Waals surface area contributed by atoms with E-state index >= 15 is 0 Å². The molecule has 5 heteroatoms. The maximum Gasteiger partial charge on any atom is 0.307 e. The summed E-state index contributed by atoms with van der Waals surface area (Å²) in [7, 11) is 0. The highest BCUT2D eigenvalue weighted by molar-refractivity contribution is 7.09. The van der Waals surface area contributed by atoms with Crippen LogP contribution in [-0.4, -0.2) is 28.8 Å². The van der Waals surface area contributed by atoms with Gasteiger partial charge in [0, 0.05) is 18.2 Å². The summed E-state index contributed by atoms with van der Waals surface area (Å²) < 4.78 is 11.5. The van der Waals surface area contributed by atoms with E-state index in [1.165, 1.54) is 0 Å². The fraction of sp³-hybridized carbons (Fsp3) is 0.714. The van der Waals surface area contributed by atoms with Gasteiger partial charge in [0.25, 0.3) is 0 Å². The lowest BCUT2D eigenvalue weighted by molar-refractivity contribution is -0.174. The lowest BCUT2D eigenvalue weighted by atomic mass is 9.74. The molecule has 104 valence electrons. The first-order valence-corrected chi connectivity index (χ1v) is 7.56. The molecule has 2 aliphatic rings. The van der Waals surface area contributed by atoms with Gasteiger partial charge in [-0.25, -0.2) is 4.98 Å². The lowest BCUT2D eigenvalue weighted by Gasteiger charge is -2.43. The Morgan fingerprint density at radius 3 is 2.89 bits per heavy atom. The minimum Gasteiger partial charge on any atom is -0.458 e. The van der Waals surface area contributed by atoms with Crippen molar-refractivity contribution in [1.82, 2.24) is 4.98 Å². The van der Waals surface area contributed by atoms with Crippen LogP contribution in [0.3, 0.4) is 0 Å². The summed E-state index contributed by atoms with van der Waals surface area (Å²) in [6.45, 7) is 6.75. The molecule has 0 unspecified atom stereocenters. The Balaban J connectivity index is 1.96. The zero-order valence-corrected chi connectivity index (χ0v) is 12.4. The van der Waals surface area contributed by atoms with Crippen LogP contribution in [0.1, 0.15) is 49.7 Å². The molecule has 0 saturated carbocycles. The van der Waals surface area contributed by atoms with E-state index in [1.807, 2.05) is 6.92 Å². The predicted octanol–water partition coefficient (Wildman–Crippen LogP) is 2.81. The van der Waals surface area contributed by atoms with Crippen LogP contribution in [0.25, 0.3) is 0 Å². The molecule has 0 amide bonds. The molecule has 2 atom stereocenters. The Bertz CT molecular complexity index is 511. The highest BCUT2D eigenvalue weighted by Gasteiger charge is 2.55. The molecule has 3 heterocycles. The van der Waals surface area contributed by atoms with E-state index in [0.717, 1.165) is 23.5 Å². The Labute approximate surface area is 117 Å². The normalized spacial score (nSPS) is 33.6. The fourth-order valence-electron chi connectivity index (χ4n) is 3.35. The van der Waals surface area contributed by atoms with Crippen LogP contribution >= 0.6 is 11.3 Å². The summed E-state index contributed by atoms with van der Waals surface area (Å²) in [4.78, 5) is 16.4. The van der Waals surface area contributed by atoms with E-state index in [9.17, 15) is 4.79 Å². The van der Waals surface area contributed by atoms with Gasteiger partial charge in [0.2, 0.25) is 0 Å². The van der Waals surface area contributed by atoms with Crippen molar-refractivity contribution in [3.05, 3.63) is 16.1 Å². The first-order chi connectivity index (χ1) is 8.90. The van der Waals surface area contributed by atoms with E-state index in [0.29, 0.717) is 13.0 Å². The fourth-order valence-corrected chi connectivity index (χ4v) is 4.02. The third-order valence-corrected chi connectivity index (χ3v) is 4.85. The van der Waals surface area contributed by atoms with E-state index in [-0.39, 0.29) is 17.5 Å². The van der Waals surface area contributed by atoms with Crippen molar-refractivity contribution >= 4 is 17.3 Å². The standard InChI is InChI=1S/C14H19NO3S/c1-9-15-11(7-19-9)10-6-12(16)18-14(10)4-5-17-13(2,3)8-14/h7,10H,4-6,8H2,1-3H3/t10-,14-/m0/s1. The number of nitrogens with zero attached hydrogens (tertiary/aromatic N) is 1. The van der Waals surface area contributed by atoms with Gasteiger partial charge in [-0.3, -0.25) is 4.79 Å². The van der Waals surface area contributed by atoms with Gasteiger partial charge in [-0.15, -0.1) is 11.3 Å². The number of carbonyl (C=O) groups is 1. The predicted molar refractivity (Wildman–Crippen MR) is 72.3 cm³/mol. The minimum atomic E-state index is -0.417. The van der Waals surface area contributed by atoms with Crippen LogP contribution < -0.4 is 0 Å². The van der Waals surface area contributed by atoms with Crippen LogP contribution in [0, 0.1) is 6.92 Å². The van der Waals surface area contributed by atoms with Crippen LogP contribution in [0.15, 0.2) is 5.38 Å². The molecule has 1 aromatic heterocycles. The molecule has 19 heavy (non-hydrogen) atoms. The Morgan fingerprint density at radius 2 is 2.26 bits per heavy atom. The lowest BCUT2D eigenvalue weighted by Crippen LogP contribution is -2.48. The number of carbonyl (C=O) groups excluding carboxylic acids is 1. The summed E-state index contributed by atoms with van der Waals surface area (Å²) in [5.74, 6) is -0.0264. The monoisotopic (exact) mass is 281 g/mol. The summed E-state index contributed by atoms with van der Waals surface area (Å²) in [6.07, 6.45) is 1.95. The molecule has 4 nitrogen and oxygen atoms in total. The Kier molecular flexibility index (Phi) is 2.94. The van der Waals surface area contributed by atoms with E-state index < -0.39 is 5.60 Å². The van der Waals surface area contributed by atoms with Gasteiger partial charge in [0.15, 0.2) is 0 Å². The van der Waals surface area contributed by atoms with E-state index in [1.54, 1.807) is 11.3 Å². The largest absolute Gasteiger partial charge is 0.458 e.